The van der Waals surface area contributed by atoms with Crippen LogP contribution < -0.4 is 15.5 Å². The van der Waals surface area contributed by atoms with Gasteiger partial charge < -0.3 is 15.2 Å². The van der Waals surface area contributed by atoms with Crippen LogP contribution in [-0.2, 0) is 4.79 Å². The van der Waals surface area contributed by atoms with Crippen molar-refractivity contribution < 1.29 is 19.4 Å². The van der Waals surface area contributed by atoms with Gasteiger partial charge in [0.2, 0.25) is 5.71 Å². The summed E-state index contributed by atoms with van der Waals surface area (Å²) in [7, 11) is 1.46. The number of carbonyl (C=O) groups excluding carboxylic acids is 1. The monoisotopic (exact) mass is 372 g/mol. The lowest BCUT2D eigenvalue weighted by Crippen LogP contribution is -2.22. The molecule has 0 bridgehead atoms. The first-order chi connectivity index (χ1) is 12.4. The number of ether oxygens (including phenoxy) is 1. The number of hydrogen-bond donors (Lipinski definition) is 3. The third-order valence-corrected chi connectivity index (χ3v) is 3.43. The number of carboxylic acids is 1. The summed E-state index contributed by atoms with van der Waals surface area (Å²) < 4.78 is 5.02. The summed E-state index contributed by atoms with van der Waals surface area (Å²) in [5.41, 5.74) is 2.75. The van der Waals surface area contributed by atoms with Gasteiger partial charge in [0, 0.05) is 5.69 Å². The molecule has 0 spiro atoms. The van der Waals surface area contributed by atoms with Crippen LogP contribution in [0.5, 0.6) is 5.75 Å². The third-order valence-electron chi connectivity index (χ3n) is 3.14. The molecule has 0 aliphatic carbocycles. The third kappa shape index (κ3) is 4.72. The van der Waals surface area contributed by atoms with Gasteiger partial charge in [-0.15, -0.1) is 0 Å². The number of anilines is 2. The number of hydrazone groups is 1. The van der Waals surface area contributed by atoms with E-state index in [0.29, 0.717) is 22.1 Å². The van der Waals surface area contributed by atoms with E-state index in [2.05, 4.69) is 15.8 Å². The molecule has 26 heavy (non-hydrogen) atoms. The Morgan fingerprint density at radius 1 is 1.23 bits per heavy atom. The molecular formula is C17H13ClN4O4. The summed E-state index contributed by atoms with van der Waals surface area (Å²) in [6.45, 7) is 0. The first-order valence-corrected chi connectivity index (χ1v) is 7.54. The van der Waals surface area contributed by atoms with Crippen molar-refractivity contribution in [1.82, 2.24) is 0 Å². The van der Waals surface area contributed by atoms with Gasteiger partial charge in [-0.05, 0) is 36.4 Å². The Bertz CT molecular complexity index is 921. The van der Waals surface area contributed by atoms with E-state index in [1.807, 2.05) is 0 Å². The first-order valence-electron chi connectivity index (χ1n) is 7.16. The second kappa shape index (κ2) is 8.50. The maximum atomic E-state index is 12.1. The summed E-state index contributed by atoms with van der Waals surface area (Å²) in [6.07, 6.45) is 0. The topological polar surface area (TPSA) is 124 Å². The lowest BCUT2D eigenvalue weighted by Gasteiger charge is -2.07. The summed E-state index contributed by atoms with van der Waals surface area (Å²) in [6, 6.07) is 12.0. The SMILES string of the molecule is COc1ccc(NC(=O)C(C#N)=NNc2cccc(C(=O)O)c2)cc1Cl. The number of methoxy groups -OCH3 is 1. The van der Waals surface area contributed by atoms with E-state index >= 15 is 0 Å². The summed E-state index contributed by atoms with van der Waals surface area (Å²) in [4.78, 5) is 23.1. The molecule has 0 heterocycles. The zero-order valence-electron chi connectivity index (χ0n) is 13.5. The van der Waals surface area contributed by atoms with Crippen LogP contribution in [-0.4, -0.2) is 29.8 Å². The molecule has 1 amide bonds. The van der Waals surface area contributed by atoms with E-state index in [4.69, 9.17) is 26.7 Å². The molecule has 0 saturated heterocycles. The van der Waals surface area contributed by atoms with Crippen LogP contribution >= 0.6 is 11.6 Å². The lowest BCUT2D eigenvalue weighted by molar-refractivity contribution is -0.110. The van der Waals surface area contributed by atoms with Gasteiger partial charge in [-0.25, -0.2) is 4.79 Å². The minimum absolute atomic E-state index is 0.0426. The Hall–Kier alpha value is -3.57. The minimum atomic E-state index is -1.10. The number of nitriles is 1. The number of halogens is 1. The molecule has 0 saturated carbocycles. The molecule has 0 radical (unpaired) electrons. The molecule has 9 heteroatoms. The highest BCUT2D eigenvalue weighted by atomic mass is 35.5. The Kier molecular flexibility index (Phi) is 6.14. The predicted molar refractivity (Wildman–Crippen MR) is 96.7 cm³/mol. The molecular weight excluding hydrogens is 360 g/mol. The van der Waals surface area contributed by atoms with Crippen LogP contribution in [0.1, 0.15) is 10.4 Å². The fraction of sp³-hybridized carbons (Fsp3) is 0.0588. The van der Waals surface area contributed by atoms with E-state index in [0.717, 1.165) is 0 Å². The van der Waals surface area contributed by atoms with Crippen molar-refractivity contribution in [2.45, 2.75) is 0 Å². The van der Waals surface area contributed by atoms with Gasteiger partial charge in [0.1, 0.15) is 11.8 Å². The average Bonchev–Trinajstić information content (AvgIpc) is 2.62. The maximum Gasteiger partial charge on any atom is 0.335 e. The number of nitrogens with zero attached hydrogens (tertiary/aromatic N) is 2. The highest BCUT2D eigenvalue weighted by Gasteiger charge is 2.13. The van der Waals surface area contributed by atoms with Crippen LogP contribution in [0.15, 0.2) is 47.6 Å². The van der Waals surface area contributed by atoms with Crippen molar-refractivity contribution in [3.8, 4) is 11.8 Å². The number of nitrogens with one attached hydrogen (secondary N) is 2. The predicted octanol–water partition coefficient (Wildman–Crippen LogP) is 2.98. The number of amides is 1. The van der Waals surface area contributed by atoms with Crippen molar-refractivity contribution in [1.29, 1.82) is 5.26 Å². The second-order valence-corrected chi connectivity index (χ2v) is 5.28. The number of aromatic carboxylic acids is 1. The Morgan fingerprint density at radius 3 is 2.62 bits per heavy atom. The molecule has 0 aliphatic heterocycles. The minimum Gasteiger partial charge on any atom is -0.495 e. The zero-order valence-corrected chi connectivity index (χ0v) is 14.2. The van der Waals surface area contributed by atoms with Gasteiger partial charge in [-0.2, -0.15) is 10.4 Å². The summed E-state index contributed by atoms with van der Waals surface area (Å²) in [5, 5.41) is 24.5. The standard InChI is InChI=1S/C17H13ClN4O4/c1-26-15-6-5-11(8-13(15)18)20-16(23)14(9-19)22-21-12-4-2-3-10(7-12)17(24)25/h2-8,21H,1H3,(H,20,23)(H,24,25). The quantitative estimate of drug-likeness (QED) is 0.529. The number of hydrogen-bond acceptors (Lipinski definition) is 6. The van der Waals surface area contributed by atoms with Crippen LogP contribution in [0.2, 0.25) is 5.02 Å². The molecule has 2 aromatic carbocycles. The van der Waals surface area contributed by atoms with Crippen molar-refractivity contribution in [3.05, 3.63) is 53.1 Å². The smallest absolute Gasteiger partial charge is 0.335 e. The van der Waals surface area contributed by atoms with E-state index in [-0.39, 0.29) is 5.56 Å². The molecule has 2 aromatic rings. The van der Waals surface area contributed by atoms with Gasteiger partial charge in [-0.1, -0.05) is 17.7 Å². The molecule has 2 rings (SSSR count). The fourth-order valence-electron chi connectivity index (χ4n) is 1.90. The molecule has 0 aromatic heterocycles. The number of carbonyl (C=O) groups is 2. The Labute approximate surface area is 153 Å². The van der Waals surface area contributed by atoms with E-state index in [9.17, 15) is 9.59 Å². The fourth-order valence-corrected chi connectivity index (χ4v) is 2.16. The van der Waals surface area contributed by atoms with Gasteiger partial charge in [0.25, 0.3) is 5.91 Å². The molecule has 0 aliphatic rings. The van der Waals surface area contributed by atoms with Crippen LogP contribution in [0.4, 0.5) is 11.4 Å². The number of benzene rings is 2. The Morgan fingerprint density at radius 2 is 2.00 bits per heavy atom. The van der Waals surface area contributed by atoms with E-state index in [1.165, 1.54) is 31.4 Å². The number of rotatable bonds is 6. The van der Waals surface area contributed by atoms with Gasteiger partial charge in [-0.3, -0.25) is 10.2 Å². The summed E-state index contributed by atoms with van der Waals surface area (Å²) >= 11 is 5.98. The van der Waals surface area contributed by atoms with Gasteiger partial charge in [0.15, 0.2) is 0 Å². The second-order valence-electron chi connectivity index (χ2n) is 4.87. The highest BCUT2D eigenvalue weighted by molar-refractivity contribution is 6.48. The maximum absolute atomic E-state index is 12.1. The van der Waals surface area contributed by atoms with Crippen LogP contribution in [0, 0.1) is 11.3 Å². The number of carboxylic acid groups (broad SMARTS) is 1. The molecule has 132 valence electrons. The van der Waals surface area contributed by atoms with E-state index in [1.54, 1.807) is 24.3 Å². The van der Waals surface area contributed by atoms with Crippen molar-refractivity contribution in [2.75, 3.05) is 17.9 Å². The summed E-state index contributed by atoms with van der Waals surface area (Å²) in [5.74, 6) is -1.42. The molecule has 0 atom stereocenters. The molecule has 0 fully saturated rings. The highest BCUT2D eigenvalue weighted by Crippen LogP contribution is 2.27. The molecule has 3 N–H and O–H groups in total. The van der Waals surface area contributed by atoms with Gasteiger partial charge >= 0.3 is 5.97 Å². The normalized spacial score (nSPS) is 10.6. The van der Waals surface area contributed by atoms with Crippen LogP contribution in [0.3, 0.4) is 0 Å². The zero-order chi connectivity index (χ0) is 19.1. The van der Waals surface area contributed by atoms with E-state index < -0.39 is 17.6 Å². The van der Waals surface area contributed by atoms with Crippen LogP contribution in [0.25, 0.3) is 0 Å². The van der Waals surface area contributed by atoms with Crippen molar-refractivity contribution >= 4 is 40.6 Å². The molecule has 8 nitrogen and oxygen atoms in total. The largest absolute Gasteiger partial charge is 0.495 e. The lowest BCUT2D eigenvalue weighted by atomic mass is 10.2. The Balaban J connectivity index is 2.12. The first kappa shape index (κ1) is 18.8. The van der Waals surface area contributed by atoms with Gasteiger partial charge in [0.05, 0.1) is 23.4 Å². The van der Waals surface area contributed by atoms with Crippen molar-refractivity contribution in [2.24, 2.45) is 5.10 Å². The molecule has 0 unspecified atom stereocenters. The van der Waals surface area contributed by atoms with Crippen molar-refractivity contribution in [3.63, 3.8) is 0 Å². The average molecular weight is 373 g/mol.